The summed E-state index contributed by atoms with van der Waals surface area (Å²) in [5.74, 6) is 0. The molecule has 86 valence electrons. The monoisotopic (exact) mass is 227 g/mol. The van der Waals surface area contributed by atoms with Crippen LogP contribution < -0.4 is 10.2 Å². The average Bonchev–Trinajstić information content (AvgIpc) is 2.67. The predicted molar refractivity (Wildman–Crippen MR) is 67.7 cm³/mol. The van der Waals surface area contributed by atoms with E-state index in [9.17, 15) is 0 Å². The van der Waals surface area contributed by atoms with Gasteiger partial charge in [-0.3, -0.25) is 0 Å². The average molecular weight is 227 g/mol. The Kier molecular flexibility index (Phi) is 5.65. The third-order valence-corrected chi connectivity index (χ3v) is 3.11. The number of nitrogens with zero attached hydrogens (tertiary/aromatic N) is 2. The van der Waals surface area contributed by atoms with Crippen LogP contribution in [0.5, 0.6) is 0 Å². The summed E-state index contributed by atoms with van der Waals surface area (Å²) in [5, 5.41) is 6.44. The van der Waals surface area contributed by atoms with Gasteiger partial charge in [0.2, 0.25) is 0 Å². The van der Waals surface area contributed by atoms with E-state index in [0.29, 0.717) is 0 Å². The number of thiazole rings is 1. The summed E-state index contributed by atoms with van der Waals surface area (Å²) in [6.07, 6.45) is 2.36. The lowest BCUT2D eigenvalue weighted by Crippen LogP contribution is -2.24. The Morgan fingerprint density at radius 3 is 2.53 bits per heavy atom. The first kappa shape index (κ1) is 12.5. The largest absolute Gasteiger partial charge is 0.348 e. The van der Waals surface area contributed by atoms with E-state index in [1.54, 1.807) is 11.3 Å². The zero-order valence-corrected chi connectivity index (χ0v) is 10.7. The van der Waals surface area contributed by atoms with Crippen molar-refractivity contribution in [1.29, 1.82) is 0 Å². The number of hydrogen-bond donors (Lipinski definition) is 1. The van der Waals surface area contributed by atoms with E-state index in [1.165, 1.54) is 18.0 Å². The van der Waals surface area contributed by atoms with Gasteiger partial charge in [-0.25, -0.2) is 4.98 Å². The first-order chi connectivity index (χ1) is 7.31. The summed E-state index contributed by atoms with van der Waals surface area (Å²) < 4.78 is 0. The zero-order chi connectivity index (χ0) is 11.1. The van der Waals surface area contributed by atoms with Crippen molar-refractivity contribution in [3.8, 4) is 0 Å². The molecule has 0 radical (unpaired) electrons. The molecule has 3 nitrogen and oxygen atoms in total. The Hall–Kier alpha value is -0.610. The fourth-order valence-electron chi connectivity index (χ4n) is 1.55. The molecular formula is C11H21N3S. The standard InChI is InChI=1S/C11H21N3S/c1-4-6-14(7-5-2)11-13-10(8-12-3)9-15-11/h9,12H,4-8H2,1-3H3. The van der Waals surface area contributed by atoms with Crippen molar-refractivity contribution >= 4 is 16.5 Å². The first-order valence-electron chi connectivity index (χ1n) is 5.65. The minimum atomic E-state index is 0.864. The van der Waals surface area contributed by atoms with E-state index in [-0.39, 0.29) is 0 Å². The highest BCUT2D eigenvalue weighted by Gasteiger charge is 2.08. The summed E-state index contributed by atoms with van der Waals surface area (Å²) >= 11 is 1.75. The molecule has 1 rings (SSSR count). The maximum absolute atomic E-state index is 4.62. The van der Waals surface area contributed by atoms with Gasteiger partial charge in [0.15, 0.2) is 5.13 Å². The van der Waals surface area contributed by atoms with Crippen LogP contribution >= 0.6 is 11.3 Å². The molecule has 1 N–H and O–H groups in total. The number of nitrogens with one attached hydrogen (secondary N) is 1. The second kappa shape index (κ2) is 6.80. The molecule has 0 aromatic carbocycles. The zero-order valence-electron chi connectivity index (χ0n) is 9.92. The van der Waals surface area contributed by atoms with Crippen molar-refractivity contribution in [3.63, 3.8) is 0 Å². The third-order valence-electron chi connectivity index (χ3n) is 2.16. The molecule has 0 saturated carbocycles. The Morgan fingerprint density at radius 1 is 1.33 bits per heavy atom. The molecule has 0 aliphatic rings. The molecule has 0 unspecified atom stereocenters. The van der Waals surface area contributed by atoms with Crippen molar-refractivity contribution < 1.29 is 0 Å². The molecule has 0 saturated heterocycles. The van der Waals surface area contributed by atoms with E-state index >= 15 is 0 Å². The summed E-state index contributed by atoms with van der Waals surface area (Å²) in [6.45, 7) is 7.51. The smallest absolute Gasteiger partial charge is 0.185 e. The van der Waals surface area contributed by atoms with Crippen LogP contribution in [0, 0.1) is 0 Å². The summed E-state index contributed by atoms with van der Waals surface area (Å²) in [4.78, 5) is 7.00. The van der Waals surface area contributed by atoms with E-state index in [4.69, 9.17) is 0 Å². The Morgan fingerprint density at radius 2 is 2.00 bits per heavy atom. The van der Waals surface area contributed by atoms with Crippen LogP contribution in [0.25, 0.3) is 0 Å². The van der Waals surface area contributed by atoms with Gasteiger partial charge in [0.1, 0.15) is 0 Å². The Labute approximate surface area is 96.5 Å². The summed E-state index contributed by atoms with van der Waals surface area (Å²) in [6, 6.07) is 0. The van der Waals surface area contributed by atoms with Gasteiger partial charge in [-0.2, -0.15) is 0 Å². The van der Waals surface area contributed by atoms with Crippen LogP contribution in [-0.2, 0) is 6.54 Å². The lowest BCUT2D eigenvalue weighted by Gasteiger charge is -2.19. The third kappa shape index (κ3) is 3.80. The maximum Gasteiger partial charge on any atom is 0.185 e. The van der Waals surface area contributed by atoms with Crippen LogP contribution in [0.4, 0.5) is 5.13 Å². The number of rotatable bonds is 7. The Bertz CT molecular complexity index is 267. The topological polar surface area (TPSA) is 28.2 Å². The molecule has 0 bridgehead atoms. The highest BCUT2D eigenvalue weighted by Crippen LogP contribution is 2.20. The minimum Gasteiger partial charge on any atom is -0.348 e. The van der Waals surface area contributed by atoms with E-state index in [1.807, 2.05) is 7.05 Å². The molecule has 1 aromatic heterocycles. The fraction of sp³-hybridized carbons (Fsp3) is 0.727. The van der Waals surface area contributed by atoms with Crippen molar-refractivity contribution in [2.24, 2.45) is 0 Å². The molecule has 0 aliphatic carbocycles. The lowest BCUT2D eigenvalue weighted by atomic mass is 10.4. The van der Waals surface area contributed by atoms with Crippen molar-refractivity contribution in [2.45, 2.75) is 33.2 Å². The van der Waals surface area contributed by atoms with Crippen LogP contribution in [0.3, 0.4) is 0 Å². The highest BCUT2D eigenvalue weighted by atomic mass is 32.1. The molecule has 0 amide bonds. The molecule has 0 fully saturated rings. The van der Waals surface area contributed by atoms with E-state index in [0.717, 1.165) is 25.3 Å². The van der Waals surface area contributed by atoms with Crippen LogP contribution in [0.2, 0.25) is 0 Å². The van der Waals surface area contributed by atoms with Crippen LogP contribution in [-0.4, -0.2) is 25.1 Å². The Balaban J connectivity index is 2.63. The second-order valence-corrected chi connectivity index (χ2v) is 4.48. The quantitative estimate of drug-likeness (QED) is 0.775. The van der Waals surface area contributed by atoms with Gasteiger partial charge in [-0.1, -0.05) is 13.8 Å². The van der Waals surface area contributed by atoms with Gasteiger partial charge in [-0.15, -0.1) is 11.3 Å². The van der Waals surface area contributed by atoms with Gasteiger partial charge in [0.05, 0.1) is 5.69 Å². The number of aromatic nitrogens is 1. The predicted octanol–water partition coefficient (Wildman–Crippen LogP) is 2.49. The molecule has 4 heteroatoms. The second-order valence-electron chi connectivity index (χ2n) is 3.64. The molecule has 1 aromatic rings. The minimum absolute atomic E-state index is 0.864. The molecule has 0 spiro atoms. The molecule has 0 atom stereocenters. The molecule has 1 heterocycles. The SMILES string of the molecule is CCCN(CCC)c1nc(CNC)cs1. The molecule has 15 heavy (non-hydrogen) atoms. The van der Waals surface area contributed by atoms with Gasteiger partial charge in [-0.05, 0) is 19.9 Å². The molecule has 0 aliphatic heterocycles. The lowest BCUT2D eigenvalue weighted by molar-refractivity contribution is 0.735. The normalized spacial score (nSPS) is 10.6. The summed E-state index contributed by atoms with van der Waals surface area (Å²) in [7, 11) is 1.95. The van der Waals surface area contributed by atoms with Crippen molar-refractivity contribution in [2.75, 3.05) is 25.0 Å². The van der Waals surface area contributed by atoms with Crippen LogP contribution in [0.15, 0.2) is 5.38 Å². The number of anilines is 1. The summed E-state index contributed by atoms with van der Waals surface area (Å²) in [5.41, 5.74) is 1.15. The van der Waals surface area contributed by atoms with Gasteiger partial charge in [0, 0.05) is 25.0 Å². The fourth-order valence-corrected chi connectivity index (χ4v) is 2.43. The van der Waals surface area contributed by atoms with Gasteiger partial charge >= 0.3 is 0 Å². The molecular weight excluding hydrogens is 206 g/mol. The van der Waals surface area contributed by atoms with E-state index < -0.39 is 0 Å². The maximum atomic E-state index is 4.62. The van der Waals surface area contributed by atoms with Crippen LogP contribution in [0.1, 0.15) is 32.4 Å². The van der Waals surface area contributed by atoms with Gasteiger partial charge in [0.25, 0.3) is 0 Å². The number of hydrogen-bond acceptors (Lipinski definition) is 4. The first-order valence-corrected chi connectivity index (χ1v) is 6.53. The van der Waals surface area contributed by atoms with Crippen molar-refractivity contribution in [3.05, 3.63) is 11.1 Å². The van der Waals surface area contributed by atoms with Gasteiger partial charge < -0.3 is 10.2 Å². The van der Waals surface area contributed by atoms with Crippen molar-refractivity contribution in [1.82, 2.24) is 10.3 Å². The highest BCUT2D eigenvalue weighted by molar-refractivity contribution is 7.13. The van der Waals surface area contributed by atoms with E-state index in [2.05, 4.69) is 34.4 Å².